The molecule has 1 N–H and O–H groups in total. The van der Waals surface area contributed by atoms with Gasteiger partial charge in [-0.25, -0.2) is 0 Å². The van der Waals surface area contributed by atoms with E-state index in [1.54, 1.807) is 0 Å². The number of nitrogens with zero attached hydrogens (tertiary/aromatic N) is 1. The zero-order chi connectivity index (χ0) is 10.8. The summed E-state index contributed by atoms with van der Waals surface area (Å²) in [6.07, 6.45) is 0.711. The van der Waals surface area contributed by atoms with Crippen LogP contribution in [-0.2, 0) is 0 Å². The largest absolute Gasteiger partial charge is 0.489 e. The van der Waals surface area contributed by atoms with Gasteiger partial charge in [0.05, 0.1) is 11.7 Å². The minimum atomic E-state index is 0.175. The van der Waals surface area contributed by atoms with Crippen molar-refractivity contribution in [3.8, 4) is 5.75 Å². The van der Waals surface area contributed by atoms with Crippen molar-refractivity contribution in [1.82, 2.24) is 0 Å². The van der Waals surface area contributed by atoms with Crippen LogP contribution < -0.4 is 9.64 Å². The van der Waals surface area contributed by atoms with Gasteiger partial charge in [0.2, 0.25) is 0 Å². The molecule has 0 spiro atoms. The van der Waals surface area contributed by atoms with Crippen LogP contribution in [0.15, 0.2) is 18.2 Å². The van der Waals surface area contributed by atoms with Gasteiger partial charge in [-0.1, -0.05) is 11.6 Å². The first-order valence-corrected chi connectivity index (χ1v) is 5.36. The van der Waals surface area contributed by atoms with E-state index in [-0.39, 0.29) is 12.6 Å². The van der Waals surface area contributed by atoms with Gasteiger partial charge in [0, 0.05) is 18.7 Å². The number of hydrogen-bond donors (Lipinski definition) is 1. The highest BCUT2D eigenvalue weighted by Gasteiger charge is 2.24. The Kier molecular flexibility index (Phi) is 3.03. The first kappa shape index (κ1) is 10.6. The fourth-order valence-electron chi connectivity index (χ4n) is 1.81. The van der Waals surface area contributed by atoms with E-state index < -0.39 is 0 Å². The van der Waals surface area contributed by atoms with Crippen LogP contribution in [0.1, 0.15) is 6.42 Å². The molecule has 1 aliphatic rings. The molecule has 0 saturated heterocycles. The Hall–Kier alpha value is -0.930. The topological polar surface area (TPSA) is 32.7 Å². The molecule has 0 aromatic heterocycles. The Bertz CT molecular complexity index is 356. The number of aliphatic hydroxyl groups is 1. The summed E-state index contributed by atoms with van der Waals surface area (Å²) in [5.74, 6) is 0.857. The molecule has 1 aromatic rings. The maximum absolute atomic E-state index is 8.93. The van der Waals surface area contributed by atoms with Crippen molar-refractivity contribution < 1.29 is 9.84 Å². The lowest BCUT2D eigenvalue weighted by atomic mass is 10.1. The average Bonchev–Trinajstić information content (AvgIpc) is 2.23. The lowest BCUT2D eigenvalue weighted by Gasteiger charge is -2.35. The van der Waals surface area contributed by atoms with Gasteiger partial charge < -0.3 is 14.7 Å². The summed E-state index contributed by atoms with van der Waals surface area (Å²) in [6, 6.07) is 5.81. The SMILES string of the molecule is CN1c2cc(Cl)ccc2OCC1CCO. The molecule has 0 aliphatic carbocycles. The predicted octanol–water partition coefficient (Wildman–Crippen LogP) is 1.92. The first-order chi connectivity index (χ1) is 7.22. The van der Waals surface area contributed by atoms with Gasteiger partial charge in [-0.15, -0.1) is 0 Å². The number of likely N-dealkylation sites (N-methyl/N-ethyl adjacent to an activating group) is 1. The number of aliphatic hydroxyl groups excluding tert-OH is 1. The van der Waals surface area contributed by atoms with Crippen LogP contribution in [0.2, 0.25) is 5.02 Å². The molecule has 1 aliphatic heterocycles. The van der Waals surface area contributed by atoms with Gasteiger partial charge in [0.15, 0.2) is 0 Å². The first-order valence-electron chi connectivity index (χ1n) is 4.98. The number of benzene rings is 1. The van der Waals surface area contributed by atoms with Gasteiger partial charge in [-0.2, -0.15) is 0 Å². The lowest BCUT2D eigenvalue weighted by Crippen LogP contribution is -2.40. The Morgan fingerprint density at radius 3 is 3.13 bits per heavy atom. The molecule has 2 rings (SSSR count). The lowest BCUT2D eigenvalue weighted by molar-refractivity contribution is 0.219. The second-order valence-corrected chi connectivity index (χ2v) is 4.14. The van der Waals surface area contributed by atoms with E-state index in [0.29, 0.717) is 18.1 Å². The van der Waals surface area contributed by atoms with E-state index in [1.165, 1.54) is 0 Å². The fourth-order valence-corrected chi connectivity index (χ4v) is 1.98. The molecule has 3 nitrogen and oxygen atoms in total. The molecule has 1 unspecified atom stereocenters. The van der Waals surface area contributed by atoms with Gasteiger partial charge in [-0.05, 0) is 24.6 Å². The molecule has 4 heteroatoms. The normalized spacial score (nSPS) is 19.7. The van der Waals surface area contributed by atoms with Crippen LogP contribution in [0.25, 0.3) is 0 Å². The van der Waals surface area contributed by atoms with E-state index in [0.717, 1.165) is 11.4 Å². The molecule has 0 saturated carbocycles. The molecular weight excluding hydrogens is 214 g/mol. The third kappa shape index (κ3) is 2.03. The van der Waals surface area contributed by atoms with Crippen LogP contribution in [0.4, 0.5) is 5.69 Å². The van der Waals surface area contributed by atoms with Gasteiger partial charge >= 0.3 is 0 Å². The predicted molar refractivity (Wildman–Crippen MR) is 60.8 cm³/mol. The van der Waals surface area contributed by atoms with Crippen molar-refractivity contribution in [2.45, 2.75) is 12.5 Å². The molecular formula is C11H14ClNO2. The summed E-state index contributed by atoms with van der Waals surface area (Å²) in [5, 5.41) is 9.63. The maximum atomic E-state index is 8.93. The summed E-state index contributed by atoms with van der Waals surface area (Å²) in [7, 11) is 2.00. The molecule has 0 fully saturated rings. The Labute approximate surface area is 94.2 Å². The standard InChI is InChI=1S/C11H14ClNO2/c1-13-9(4-5-14)7-15-11-3-2-8(12)6-10(11)13/h2-3,6,9,14H,4-5,7H2,1H3. The second-order valence-electron chi connectivity index (χ2n) is 3.70. The number of halogens is 1. The van der Waals surface area contributed by atoms with Crippen LogP contribution in [0.5, 0.6) is 5.75 Å². The zero-order valence-corrected chi connectivity index (χ0v) is 9.37. The van der Waals surface area contributed by atoms with Crippen molar-refractivity contribution in [3.05, 3.63) is 23.2 Å². The fraction of sp³-hybridized carbons (Fsp3) is 0.455. The van der Waals surface area contributed by atoms with Gasteiger partial charge in [0.1, 0.15) is 12.4 Å². The quantitative estimate of drug-likeness (QED) is 0.838. The highest BCUT2D eigenvalue weighted by molar-refractivity contribution is 6.30. The van der Waals surface area contributed by atoms with Crippen LogP contribution in [-0.4, -0.2) is 31.4 Å². The number of anilines is 1. The van der Waals surface area contributed by atoms with E-state index in [4.69, 9.17) is 21.4 Å². The Morgan fingerprint density at radius 1 is 1.60 bits per heavy atom. The Balaban J connectivity index is 2.28. The van der Waals surface area contributed by atoms with Crippen molar-refractivity contribution >= 4 is 17.3 Å². The van der Waals surface area contributed by atoms with Crippen molar-refractivity contribution in [3.63, 3.8) is 0 Å². The highest BCUT2D eigenvalue weighted by atomic mass is 35.5. The van der Waals surface area contributed by atoms with E-state index in [9.17, 15) is 0 Å². The van der Waals surface area contributed by atoms with E-state index >= 15 is 0 Å². The number of fused-ring (bicyclic) bond motifs is 1. The van der Waals surface area contributed by atoms with Crippen molar-refractivity contribution in [2.24, 2.45) is 0 Å². The van der Waals surface area contributed by atoms with Gasteiger partial charge in [0.25, 0.3) is 0 Å². The monoisotopic (exact) mass is 227 g/mol. The molecule has 1 heterocycles. The Morgan fingerprint density at radius 2 is 2.40 bits per heavy atom. The molecule has 0 bridgehead atoms. The number of hydrogen-bond acceptors (Lipinski definition) is 3. The zero-order valence-electron chi connectivity index (χ0n) is 8.61. The second kappa shape index (κ2) is 4.29. The molecule has 0 radical (unpaired) electrons. The maximum Gasteiger partial charge on any atom is 0.142 e. The van der Waals surface area contributed by atoms with Crippen LogP contribution >= 0.6 is 11.6 Å². The number of rotatable bonds is 2. The minimum Gasteiger partial charge on any atom is -0.489 e. The molecule has 82 valence electrons. The molecule has 0 amide bonds. The van der Waals surface area contributed by atoms with Crippen molar-refractivity contribution in [1.29, 1.82) is 0 Å². The van der Waals surface area contributed by atoms with Gasteiger partial charge in [-0.3, -0.25) is 0 Å². The van der Waals surface area contributed by atoms with Crippen LogP contribution in [0.3, 0.4) is 0 Å². The summed E-state index contributed by atoms with van der Waals surface area (Å²) in [5.41, 5.74) is 0.993. The summed E-state index contributed by atoms with van der Waals surface area (Å²) >= 11 is 5.94. The molecule has 1 atom stereocenters. The van der Waals surface area contributed by atoms with Crippen molar-refractivity contribution in [2.75, 3.05) is 25.2 Å². The van der Waals surface area contributed by atoms with E-state index in [2.05, 4.69) is 4.90 Å². The molecule has 15 heavy (non-hydrogen) atoms. The third-order valence-corrected chi connectivity index (χ3v) is 2.98. The summed E-state index contributed by atoms with van der Waals surface area (Å²) in [4.78, 5) is 2.11. The minimum absolute atomic E-state index is 0.175. The van der Waals surface area contributed by atoms with E-state index in [1.807, 2.05) is 25.2 Å². The third-order valence-electron chi connectivity index (χ3n) is 2.74. The number of ether oxygens (including phenoxy) is 1. The average molecular weight is 228 g/mol. The molecule has 1 aromatic carbocycles. The van der Waals surface area contributed by atoms with Crippen LogP contribution in [0, 0.1) is 0 Å². The summed E-state index contributed by atoms with van der Waals surface area (Å²) < 4.78 is 5.60. The summed E-state index contributed by atoms with van der Waals surface area (Å²) in [6.45, 7) is 0.792. The highest BCUT2D eigenvalue weighted by Crippen LogP contribution is 2.35. The smallest absolute Gasteiger partial charge is 0.142 e.